The number of nitrogens with two attached hydrogens (primary N) is 1. The maximum absolute atomic E-state index is 11.9. The Kier molecular flexibility index (Phi) is 3.27. The first-order chi connectivity index (χ1) is 8.59. The van der Waals surface area contributed by atoms with Crippen LogP contribution in [0.25, 0.3) is 0 Å². The molecule has 0 aliphatic rings. The van der Waals surface area contributed by atoms with Gasteiger partial charge in [0.25, 0.3) is 0 Å². The number of rotatable bonds is 3. The van der Waals surface area contributed by atoms with Crippen LogP contribution in [0.15, 0.2) is 24.4 Å². The number of carbonyl (C=O) groups is 1. The molecule has 0 unspecified atom stereocenters. The summed E-state index contributed by atoms with van der Waals surface area (Å²) in [6.45, 7) is 1.86. The number of carbonyl (C=O) groups excluding carboxylic acids is 1. The quantitative estimate of drug-likeness (QED) is 0.819. The third-order valence-corrected chi connectivity index (χ3v) is 2.54. The fourth-order valence-corrected chi connectivity index (χ4v) is 1.61. The third-order valence-electron chi connectivity index (χ3n) is 2.54. The predicted octanol–water partition coefficient (Wildman–Crippen LogP) is 1.06. The third kappa shape index (κ3) is 2.32. The van der Waals surface area contributed by atoms with Crippen molar-refractivity contribution in [3.8, 4) is 0 Å². The van der Waals surface area contributed by atoms with E-state index in [1.165, 1.54) is 4.68 Å². The van der Waals surface area contributed by atoms with Crippen LogP contribution in [0.2, 0.25) is 0 Å². The molecule has 0 saturated carbocycles. The van der Waals surface area contributed by atoms with E-state index < -0.39 is 5.97 Å². The average Bonchev–Trinajstić information content (AvgIpc) is 2.62. The highest BCUT2D eigenvalue weighted by Crippen LogP contribution is 2.16. The van der Waals surface area contributed by atoms with Crippen LogP contribution in [0, 0.1) is 6.92 Å². The van der Waals surface area contributed by atoms with Crippen LogP contribution in [0.5, 0.6) is 0 Å². The second-order valence-electron chi connectivity index (χ2n) is 3.87. The summed E-state index contributed by atoms with van der Waals surface area (Å²) in [5, 5.41) is 4.06. The lowest BCUT2D eigenvalue weighted by molar-refractivity contribution is 0.0456. The molecule has 18 heavy (non-hydrogen) atoms. The Labute approximate surface area is 104 Å². The fourth-order valence-electron chi connectivity index (χ4n) is 1.61. The topological polar surface area (TPSA) is 83.0 Å². The van der Waals surface area contributed by atoms with Crippen LogP contribution in [-0.2, 0) is 18.4 Å². The second kappa shape index (κ2) is 4.87. The van der Waals surface area contributed by atoms with Crippen LogP contribution < -0.4 is 5.73 Å². The molecular weight excluding hydrogens is 232 g/mol. The van der Waals surface area contributed by atoms with Gasteiger partial charge < -0.3 is 10.5 Å². The average molecular weight is 246 g/mol. The summed E-state index contributed by atoms with van der Waals surface area (Å²) in [6, 6.07) is 5.41. The smallest absolute Gasteiger partial charge is 0.359 e. The molecule has 0 fully saturated rings. The van der Waals surface area contributed by atoms with Crippen molar-refractivity contribution in [2.24, 2.45) is 7.05 Å². The Morgan fingerprint density at radius 2 is 2.28 bits per heavy atom. The van der Waals surface area contributed by atoms with E-state index in [4.69, 9.17) is 10.5 Å². The van der Waals surface area contributed by atoms with Crippen LogP contribution >= 0.6 is 0 Å². The Balaban J connectivity index is 2.09. The van der Waals surface area contributed by atoms with Crippen molar-refractivity contribution in [3.63, 3.8) is 0 Å². The summed E-state index contributed by atoms with van der Waals surface area (Å²) in [7, 11) is 1.65. The maximum atomic E-state index is 11.9. The molecule has 6 nitrogen and oxygen atoms in total. The van der Waals surface area contributed by atoms with Gasteiger partial charge in [-0.05, 0) is 19.1 Å². The highest BCUT2D eigenvalue weighted by Gasteiger charge is 2.19. The number of nitrogens with zero attached hydrogens (tertiary/aromatic N) is 3. The van der Waals surface area contributed by atoms with E-state index in [9.17, 15) is 4.79 Å². The van der Waals surface area contributed by atoms with Crippen molar-refractivity contribution in [2.75, 3.05) is 5.73 Å². The van der Waals surface area contributed by atoms with Gasteiger partial charge in [0.15, 0.2) is 5.69 Å². The minimum atomic E-state index is -0.499. The molecule has 0 bridgehead atoms. The monoisotopic (exact) mass is 246 g/mol. The second-order valence-corrected chi connectivity index (χ2v) is 3.87. The lowest BCUT2D eigenvalue weighted by Crippen LogP contribution is -2.13. The normalized spacial score (nSPS) is 10.3. The number of ether oxygens (including phenoxy) is 1. The molecule has 0 saturated heterocycles. The summed E-state index contributed by atoms with van der Waals surface area (Å²) >= 11 is 0. The molecule has 0 amide bonds. The Bertz CT molecular complexity index is 563. The molecule has 2 aromatic heterocycles. The van der Waals surface area contributed by atoms with Gasteiger partial charge in [0, 0.05) is 13.2 Å². The van der Waals surface area contributed by atoms with Crippen molar-refractivity contribution >= 4 is 11.7 Å². The van der Waals surface area contributed by atoms with Gasteiger partial charge in [-0.15, -0.1) is 0 Å². The Morgan fingerprint density at radius 3 is 2.83 bits per heavy atom. The standard InChI is InChI=1S/C12H14N4O2/c1-8-10(13)11(16(2)15-8)12(17)18-7-9-5-3-4-6-14-9/h3-6H,7,13H2,1-2H3. The molecule has 2 heterocycles. The van der Waals surface area contributed by atoms with E-state index in [-0.39, 0.29) is 12.3 Å². The van der Waals surface area contributed by atoms with Crippen molar-refractivity contribution in [1.82, 2.24) is 14.8 Å². The lowest BCUT2D eigenvalue weighted by Gasteiger charge is -2.05. The molecule has 2 N–H and O–H groups in total. The van der Waals surface area contributed by atoms with E-state index in [0.29, 0.717) is 17.1 Å². The Morgan fingerprint density at radius 1 is 1.50 bits per heavy atom. The number of aryl methyl sites for hydroxylation is 2. The van der Waals surface area contributed by atoms with Gasteiger partial charge in [0.2, 0.25) is 0 Å². The van der Waals surface area contributed by atoms with Gasteiger partial charge in [0.05, 0.1) is 17.1 Å². The molecule has 0 radical (unpaired) electrons. The number of aromatic nitrogens is 3. The van der Waals surface area contributed by atoms with E-state index in [1.54, 1.807) is 32.3 Å². The molecule has 2 aromatic rings. The maximum Gasteiger partial charge on any atom is 0.359 e. The van der Waals surface area contributed by atoms with Gasteiger partial charge >= 0.3 is 5.97 Å². The van der Waals surface area contributed by atoms with Crippen LogP contribution in [-0.4, -0.2) is 20.7 Å². The molecule has 0 spiro atoms. The SMILES string of the molecule is Cc1nn(C)c(C(=O)OCc2ccccn2)c1N. The fraction of sp³-hybridized carbons (Fsp3) is 0.250. The molecule has 0 aliphatic heterocycles. The Hall–Kier alpha value is -2.37. The summed E-state index contributed by atoms with van der Waals surface area (Å²) in [4.78, 5) is 15.9. The first-order valence-electron chi connectivity index (χ1n) is 5.45. The summed E-state index contributed by atoms with van der Waals surface area (Å²) in [5.41, 5.74) is 7.69. The zero-order chi connectivity index (χ0) is 13.1. The van der Waals surface area contributed by atoms with Crippen molar-refractivity contribution < 1.29 is 9.53 Å². The summed E-state index contributed by atoms with van der Waals surface area (Å²) < 4.78 is 6.57. The zero-order valence-corrected chi connectivity index (χ0v) is 10.3. The lowest BCUT2D eigenvalue weighted by atomic mass is 10.3. The van der Waals surface area contributed by atoms with Crippen molar-refractivity contribution in [2.45, 2.75) is 13.5 Å². The zero-order valence-electron chi connectivity index (χ0n) is 10.3. The number of nitrogen functional groups attached to an aromatic ring is 1. The number of anilines is 1. The van der Waals surface area contributed by atoms with E-state index in [2.05, 4.69) is 10.1 Å². The molecule has 6 heteroatoms. The summed E-state index contributed by atoms with van der Waals surface area (Å²) in [5.74, 6) is -0.499. The van der Waals surface area contributed by atoms with E-state index >= 15 is 0 Å². The summed E-state index contributed by atoms with van der Waals surface area (Å²) in [6.07, 6.45) is 1.64. The molecule has 0 aliphatic carbocycles. The number of esters is 1. The minimum Gasteiger partial charge on any atom is -0.454 e. The molecule has 94 valence electrons. The van der Waals surface area contributed by atoms with Gasteiger partial charge in [-0.3, -0.25) is 9.67 Å². The van der Waals surface area contributed by atoms with Gasteiger partial charge in [-0.1, -0.05) is 6.07 Å². The number of pyridine rings is 1. The highest BCUT2D eigenvalue weighted by molar-refractivity contribution is 5.93. The van der Waals surface area contributed by atoms with Gasteiger partial charge in [-0.2, -0.15) is 5.10 Å². The molecule has 0 atom stereocenters. The predicted molar refractivity (Wildman–Crippen MR) is 65.7 cm³/mol. The van der Waals surface area contributed by atoms with Gasteiger partial charge in [-0.25, -0.2) is 4.79 Å². The van der Waals surface area contributed by atoms with Crippen molar-refractivity contribution in [1.29, 1.82) is 0 Å². The van der Waals surface area contributed by atoms with Crippen molar-refractivity contribution in [3.05, 3.63) is 41.5 Å². The van der Waals surface area contributed by atoms with Gasteiger partial charge in [0.1, 0.15) is 6.61 Å². The van der Waals surface area contributed by atoms with Crippen LogP contribution in [0.4, 0.5) is 5.69 Å². The molecule has 0 aromatic carbocycles. The molecular formula is C12H14N4O2. The first kappa shape index (κ1) is 12.1. The minimum absolute atomic E-state index is 0.114. The van der Waals surface area contributed by atoms with Crippen LogP contribution in [0.3, 0.4) is 0 Å². The van der Waals surface area contributed by atoms with E-state index in [1.807, 2.05) is 6.07 Å². The number of hydrogen-bond acceptors (Lipinski definition) is 5. The van der Waals surface area contributed by atoms with E-state index in [0.717, 1.165) is 0 Å². The van der Waals surface area contributed by atoms with Crippen LogP contribution in [0.1, 0.15) is 21.9 Å². The number of hydrogen-bond donors (Lipinski definition) is 1. The largest absolute Gasteiger partial charge is 0.454 e. The molecule has 2 rings (SSSR count). The highest BCUT2D eigenvalue weighted by atomic mass is 16.5. The first-order valence-corrected chi connectivity index (χ1v) is 5.45.